The second-order valence-electron chi connectivity index (χ2n) is 5.67. The summed E-state index contributed by atoms with van der Waals surface area (Å²) < 4.78 is 1.54. The lowest BCUT2D eigenvalue weighted by molar-refractivity contribution is -0.120. The molecule has 1 saturated heterocycles. The Morgan fingerprint density at radius 2 is 1.87 bits per heavy atom. The van der Waals surface area contributed by atoms with Gasteiger partial charge in [0.15, 0.2) is 5.69 Å². The van der Waals surface area contributed by atoms with Crippen LogP contribution in [-0.2, 0) is 11.8 Å². The molecule has 2 heterocycles. The van der Waals surface area contributed by atoms with Gasteiger partial charge in [0.05, 0.1) is 12.2 Å². The zero-order valence-corrected chi connectivity index (χ0v) is 13.1. The number of rotatable bonds is 3. The topological polar surface area (TPSA) is 78.7 Å². The quantitative estimate of drug-likeness (QED) is 0.916. The van der Waals surface area contributed by atoms with E-state index in [-0.39, 0.29) is 11.6 Å². The highest BCUT2D eigenvalue weighted by Crippen LogP contribution is 2.24. The van der Waals surface area contributed by atoms with E-state index in [0.29, 0.717) is 13.1 Å². The molecular weight excluding hydrogens is 296 g/mol. The van der Waals surface area contributed by atoms with Crippen LogP contribution in [0, 0.1) is 0 Å². The molecule has 3 rings (SSSR count). The van der Waals surface area contributed by atoms with Gasteiger partial charge in [-0.3, -0.25) is 14.4 Å². The number of hydrogen-bond acceptors (Lipinski definition) is 4. The fourth-order valence-electron chi connectivity index (χ4n) is 2.72. The third-order valence-corrected chi connectivity index (χ3v) is 3.99. The standard InChI is InChI=1S/C16H18N4O3/c1-18-7-8-20(15(21)10-18)12-5-3-11(4-6-12)14-9-13(16(22)23)17-19(14)2/h3-6,9H,7-8,10H2,1-2H3,(H,22,23). The lowest BCUT2D eigenvalue weighted by Crippen LogP contribution is -2.48. The molecular formula is C16H18N4O3. The number of likely N-dealkylation sites (N-methyl/N-ethyl adjacent to an activating group) is 1. The van der Waals surface area contributed by atoms with Gasteiger partial charge >= 0.3 is 5.97 Å². The van der Waals surface area contributed by atoms with E-state index in [2.05, 4.69) is 5.10 Å². The van der Waals surface area contributed by atoms with Crippen LogP contribution in [0.5, 0.6) is 0 Å². The van der Waals surface area contributed by atoms with E-state index in [1.54, 1.807) is 22.7 Å². The molecule has 0 spiro atoms. The summed E-state index contributed by atoms with van der Waals surface area (Å²) in [5, 5.41) is 13.0. The van der Waals surface area contributed by atoms with Crippen molar-refractivity contribution in [2.75, 3.05) is 31.6 Å². The molecule has 1 aromatic heterocycles. The minimum atomic E-state index is -1.05. The zero-order valence-electron chi connectivity index (χ0n) is 13.1. The number of aromatic carboxylic acids is 1. The van der Waals surface area contributed by atoms with Gasteiger partial charge < -0.3 is 10.0 Å². The Morgan fingerprint density at radius 3 is 2.43 bits per heavy atom. The summed E-state index contributed by atoms with van der Waals surface area (Å²) in [6, 6.07) is 9.06. The molecule has 120 valence electrons. The molecule has 23 heavy (non-hydrogen) atoms. The Bertz CT molecular complexity index is 751. The number of benzene rings is 1. The van der Waals surface area contributed by atoms with E-state index < -0.39 is 5.97 Å². The van der Waals surface area contributed by atoms with E-state index in [1.807, 2.05) is 36.2 Å². The van der Waals surface area contributed by atoms with Crippen molar-refractivity contribution in [2.45, 2.75) is 0 Å². The van der Waals surface area contributed by atoms with Gasteiger partial charge in [-0.25, -0.2) is 4.79 Å². The van der Waals surface area contributed by atoms with Crippen LogP contribution in [0.4, 0.5) is 5.69 Å². The zero-order chi connectivity index (χ0) is 16.6. The molecule has 1 aliphatic rings. The lowest BCUT2D eigenvalue weighted by atomic mass is 10.1. The number of anilines is 1. The Balaban J connectivity index is 1.85. The summed E-state index contributed by atoms with van der Waals surface area (Å²) in [5.41, 5.74) is 2.45. The van der Waals surface area contributed by atoms with Crippen LogP contribution in [-0.4, -0.2) is 58.3 Å². The fourth-order valence-corrected chi connectivity index (χ4v) is 2.72. The van der Waals surface area contributed by atoms with Gasteiger partial charge in [-0.2, -0.15) is 5.10 Å². The second-order valence-corrected chi connectivity index (χ2v) is 5.67. The molecule has 0 bridgehead atoms. The van der Waals surface area contributed by atoms with Gasteiger partial charge in [0.1, 0.15) is 0 Å². The number of nitrogens with zero attached hydrogens (tertiary/aromatic N) is 4. The Labute approximate surface area is 133 Å². The van der Waals surface area contributed by atoms with Crippen molar-refractivity contribution in [3.63, 3.8) is 0 Å². The van der Waals surface area contributed by atoms with Crippen molar-refractivity contribution in [3.05, 3.63) is 36.0 Å². The molecule has 2 aromatic rings. The van der Waals surface area contributed by atoms with E-state index in [0.717, 1.165) is 23.5 Å². The third-order valence-electron chi connectivity index (χ3n) is 3.99. The molecule has 0 radical (unpaired) electrons. The first-order valence-electron chi connectivity index (χ1n) is 7.32. The predicted molar refractivity (Wildman–Crippen MR) is 85.5 cm³/mol. The smallest absolute Gasteiger partial charge is 0.356 e. The average Bonchev–Trinajstić information content (AvgIpc) is 2.90. The Hall–Kier alpha value is -2.67. The maximum absolute atomic E-state index is 12.1. The van der Waals surface area contributed by atoms with Crippen molar-refractivity contribution in [3.8, 4) is 11.3 Å². The monoisotopic (exact) mass is 314 g/mol. The van der Waals surface area contributed by atoms with Gasteiger partial charge in [0.25, 0.3) is 0 Å². The van der Waals surface area contributed by atoms with E-state index in [1.165, 1.54) is 0 Å². The molecule has 0 saturated carbocycles. The van der Waals surface area contributed by atoms with Gasteiger partial charge in [0, 0.05) is 25.8 Å². The molecule has 0 aliphatic carbocycles. The largest absolute Gasteiger partial charge is 0.476 e. The maximum atomic E-state index is 12.1. The molecule has 0 unspecified atom stereocenters. The third kappa shape index (κ3) is 2.95. The first kappa shape index (κ1) is 15.2. The molecule has 7 nitrogen and oxygen atoms in total. The summed E-state index contributed by atoms with van der Waals surface area (Å²) in [7, 11) is 3.64. The molecule has 1 aliphatic heterocycles. The van der Waals surface area contributed by atoms with Gasteiger partial charge in [-0.05, 0) is 30.8 Å². The highest BCUT2D eigenvalue weighted by atomic mass is 16.4. The van der Waals surface area contributed by atoms with Gasteiger partial charge in [-0.15, -0.1) is 0 Å². The first-order chi connectivity index (χ1) is 11.0. The fraction of sp³-hybridized carbons (Fsp3) is 0.312. The van der Waals surface area contributed by atoms with Crippen LogP contribution in [0.25, 0.3) is 11.3 Å². The predicted octanol–water partition coefficient (Wildman–Crippen LogP) is 1.06. The molecule has 1 amide bonds. The van der Waals surface area contributed by atoms with E-state index >= 15 is 0 Å². The summed E-state index contributed by atoms with van der Waals surface area (Å²) in [4.78, 5) is 26.9. The van der Waals surface area contributed by atoms with Crippen LogP contribution in [0.1, 0.15) is 10.5 Å². The molecule has 7 heteroatoms. The summed E-state index contributed by atoms with van der Waals surface area (Å²) in [6.07, 6.45) is 0. The summed E-state index contributed by atoms with van der Waals surface area (Å²) in [5.74, 6) is -0.966. The van der Waals surface area contributed by atoms with E-state index in [4.69, 9.17) is 5.11 Å². The number of carbonyl (C=O) groups is 2. The summed E-state index contributed by atoms with van der Waals surface area (Å²) in [6.45, 7) is 1.94. The first-order valence-corrected chi connectivity index (χ1v) is 7.32. The van der Waals surface area contributed by atoms with Crippen LogP contribution in [0.15, 0.2) is 30.3 Å². The lowest BCUT2D eigenvalue weighted by Gasteiger charge is -2.32. The number of piperazine rings is 1. The van der Waals surface area contributed by atoms with Crippen molar-refractivity contribution in [1.29, 1.82) is 0 Å². The highest BCUT2D eigenvalue weighted by molar-refractivity contribution is 5.95. The van der Waals surface area contributed by atoms with Gasteiger partial charge in [-0.1, -0.05) is 12.1 Å². The Morgan fingerprint density at radius 1 is 1.17 bits per heavy atom. The molecule has 1 N–H and O–H groups in total. The number of hydrogen-bond donors (Lipinski definition) is 1. The maximum Gasteiger partial charge on any atom is 0.356 e. The van der Waals surface area contributed by atoms with Crippen LogP contribution in [0.3, 0.4) is 0 Å². The van der Waals surface area contributed by atoms with Crippen LogP contribution < -0.4 is 4.90 Å². The molecule has 0 atom stereocenters. The van der Waals surface area contributed by atoms with E-state index in [9.17, 15) is 9.59 Å². The number of carboxylic acid groups (broad SMARTS) is 1. The highest BCUT2D eigenvalue weighted by Gasteiger charge is 2.22. The molecule has 1 fully saturated rings. The van der Waals surface area contributed by atoms with Crippen LogP contribution >= 0.6 is 0 Å². The normalized spacial score (nSPS) is 15.9. The SMILES string of the molecule is CN1CCN(c2ccc(-c3cc(C(=O)O)nn3C)cc2)C(=O)C1. The summed E-state index contributed by atoms with van der Waals surface area (Å²) >= 11 is 0. The minimum absolute atomic E-state index is 0.0147. The van der Waals surface area contributed by atoms with Crippen molar-refractivity contribution in [1.82, 2.24) is 14.7 Å². The van der Waals surface area contributed by atoms with Crippen LogP contribution in [0.2, 0.25) is 0 Å². The van der Waals surface area contributed by atoms with Gasteiger partial charge in [0.2, 0.25) is 5.91 Å². The van der Waals surface area contributed by atoms with Crippen molar-refractivity contribution < 1.29 is 14.7 Å². The number of carboxylic acids is 1. The number of aromatic nitrogens is 2. The number of carbonyl (C=O) groups excluding carboxylic acids is 1. The second kappa shape index (κ2) is 5.85. The number of aryl methyl sites for hydroxylation is 1. The molecule has 1 aromatic carbocycles. The Kier molecular flexibility index (Phi) is 3.87. The minimum Gasteiger partial charge on any atom is -0.476 e. The number of amides is 1. The van der Waals surface area contributed by atoms with Crippen molar-refractivity contribution in [2.24, 2.45) is 7.05 Å². The van der Waals surface area contributed by atoms with Crippen molar-refractivity contribution >= 4 is 17.6 Å². The average molecular weight is 314 g/mol.